The molecule has 4 N–H and O–H groups in total. The molecular formula is C33H49N3O6S. The Labute approximate surface area is 260 Å². The van der Waals surface area contributed by atoms with E-state index in [-0.39, 0.29) is 23.4 Å². The fraction of sp³-hybridized carbons (Fsp3) is 0.758. The van der Waals surface area contributed by atoms with E-state index in [1.54, 1.807) is 13.8 Å². The van der Waals surface area contributed by atoms with Crippen molar-refractivity contribution in [2.45, 2.75) is 103 Å². The molecule has 4 rings (SSSR count). The predicted octanol–water partition coefficient (Wildman–Crippen LogP) is 4.15. The Balaban J connectivity index is 1.34. The molecule has 3 saturated carbocycles. The molecule has 10 heteroatoms. The number of amides is 2. The first-order chi connectivity index (χ1) is 20.3. The zero-order valence-corrected chi connectivity index (χ0v) is 27.1. The SMILES string of the molecule is C#C[C@@]1(O)CC[C@H]2[C@@H]3CCC4=CC(=NOCC(=O)NC(C(=O)NC(CCSC)C(=O)O)C(C)C)CC[C@]4(C)[C@H]3CC[C@@]21C. The minimum atomic E-state index is -1.10. The number of terminal acetylenes is 1. The summed E-state index contributed by atoms with van der Waals surface area (Å²) in [6.45, 7) is 7.84. The number of aliphatic carboxylic acids is 1. The van der Waals surface area contributed by atoms with Gasteiger partial charge in [0.1, 0.15) is 17.7 Å². The topological polar surface area (TPSA) is 137 Å². The Hall–Kier alpha value is -2.51. The summed E-state index contributed by atoms with van der Waals surface area (Å²) in [6, 6.07) is -1.90. The van der Waals surface area contributed by atoms with E-state index >= 15 is 0 Å². The van der Waals surface area contributed by atoms with Crippen LogP contribution in [0.4, 0.5) is 0 Å². The van der Waals surface area contributed by atoms with Gasteiger partial charge >= 0.3 is 5.97 Å². The Morgan fingerprint density at radius 2 is 1.86 bits per heavy atom. The highest BCUT2D eigenvalue weighted by atomic mass is 32.2. The summed E-state index contributed by atoms with van der Waals surface area (Å²) in [6.07, 6.45) is 17.6. The standard InChI is InChI=1S/C33H49N3O6S/c1-7-33(41)16-12-25-23-9-8-21-18-22(10-14-31(21,4)24(23)11-15-32(25,33)5)36-42-19-27(37)35-28(20(2)3)29(38)34-26(30(39)40)13-17-43-6/h1,18,20,23-26,28,41H,8-17,19H2,2-6H3,(H,34,38)(H,35,37)(H,39,40)/t23-,24+,25+,26?,28?,31+,32+,33-/m1/s1. The minimum absolute atomic E-state index is 0.0823. The van der Waals surface area contributed by atoms with E-state index in [1.165, 1.54) is 17.3 Å². The van der Waals surface area contributed by atoms with Crippen molar-refractivity contribution in [3.63, 3.8) is 0 Å². The average molecular weight is 616 g/mol. The monoisotopic (exact) mass is 615 g/mol. The Bertz CT molecular complexity index is 1200. The smallest absolute Gasteiger partial charge is 0.326 e. The molecule has 0 aromatic heterocycles. The molecule has 0 bridgehead atoms. The highest BCUT2D eigenvalue weighted by molar-refractivity contribution is 7.98. The molecule has 2 amide bonds. The lowest BCUT2D eigenvalue weighted by atomic mass is 9.46. The normalized spacial score (nSPS) is 35.4. The number of thioether (sulfide) groups is 1. The molecular weight excluding hydrogens is 566 g/mol. The van der Waals surface area contributed by atoms with Crippen molar-refractivity contribution < 1.29 is 29.4 Å². The lowest BCUT2D eigenvalue weighted by Gasteiger charge is -2.58. The van der Waals surface area contributed by atoms with E-state index in [4.69, 9.17) is 11.3 Å². The lowest BCUT2D eigenvalue weighted by molar-refractivity contribution is -0.142. The third-order valence-electron chi connectivity index (χ3n) is 11.2. The second-order valence-corrected chi connectivity index (χ2v) is 14.8. The maximum atomic E-state index is 12.8. The van der Waals surface area contributed by atoms with Gasteiger partial charge in [-0.2, -0.15) is 11.8 Å². The molecule has 9 nitrogen and oxygen atoms in total. The van der Waals surface area contributed by atoms with E-state index in [0.717, 1.165) is 50.7 Å². The number of allylic oxidation sites excluding steroid dienone is 2. The summed E-state index contributed by atoms with van der Waals surface area (Å²) < 4.78 is 0. The molecule has 0 heterocycles. The van der Waals surface area contributed by atoms with E-state index in [9.17, 15) is 24.6 Å². The van der Waals surface area contributed by atoms with Crippen molar-refractivity contribution in [1.82, 2.24) is 10.6 Å². The zero-order valence-electron chi connectivity index (χ0n) is 26.3. The number of aliphatic hydroxyl groups is 1. The Morgan fingerprint density at radius 1 is 1.14 bits per heavy atom. The summed E-state index contributed by atoms with van der Waals surface area (Å²) >= 11 is 1.50. The molecule has 238 valence electrons. The Morgan fingerprint density at radius 3 is 2.51 bits per heavy atom. The number of hydrogen-bond acceptors (Lipinski definition) is 7. The number of carboxylic acid groups (broad SMARTS) is 1. The number of nitrogens with one attached hydrogen (secondary N) is 2. The van der Waals surface area contributed by atoms with Crippen LogP contribution in [0.25, 0.3) is 0 Å². The second-order valence-electron chi connectivity index (χ2n) is 13.8. The number of hydrogen-bond donors (Lipinski definition) is 4. The summed E-state index contributed by atoms with van der Waals surface area (Å²) in [5, 5.41) is 30.2. The maximum absolute atomic E-state index is 12.8. The maximum Gasteiger partial charge on any atom is 0.326 e. The summed E-state index contributed by atoms with van der Waals surface area (Å²) in [5.74, 6) is 2.55. The van der Waals surface area contributed by atoms with Crippen molar-refractivity contribution in [3.8, 4) is 12.3 Å². The van der Waals surface area contributed by atoms with Crippen molar-refractivity contribution in [2.75, 3.05) is 18.6 Å². The first kappa shape index (κ1) is 33.4. The van der Waals surface area contributed by atoms with Crippen LogP contribution in [0.15, 0.2) is 16.8 Å². The van der Waals surface area contributed by atoms with Crippen molar-refractivity contribution in [1.29, 1.82) is 0 Å². The van der Waals surface area contributed by atoms with Crippen LogP contribution in [-0.4, -0.2) is 70.0 Å². The van der Waals surface area contributed by atoms with Gasteiger partial charge in [0.2, 0.25) is 5.91 Å². The van der Waals surface area contributed by atoms with Gasteiger partial charge in [-0.1, -0.05) is 44.3 Å². The molecule has 0 aromatic rings. The molecule has 3 fully saturated rings. The molecule has 0 aromatic carbocycles. The first-order valence-electron chi connectivity index (χ1n) is 15.7. The van der Waals surface area contributed by atoms with E-state index in [0.29, 0.717) is 36.3 Å². The molecule has 0 aliphatic heterocycles. The minimum Gasteiger partial charge on any atom is -0.480 e. The molecule has 8 atom stereocenters. The number of carbonyl (C=O) groups excluding carboxylic acids is 2. The van der Waals surface area contributed by atoms with Gasteiger partial charge in [0.15, 0.2) is 6.61 Å². The third-order valence-corrected chi connectivity index (χ3v) is 11.9. The van der Waals surface area contributed by atoms with Crippen molar-refractivity contribution >= 4 is 35.3 Å². The predicted molar refractivity (Wildman–Crippen MR) is 168 cm³/mol. The van der Waals surface area contributed by atoms with Crippen LogP contribution in [-0.2, 0) is 19.2 Å². The molecule has 43 heavy (non-hydrogen) atoms. The molecule has 2 unspecified atom stereocenters. The molecule has 0 radical (unpaired) electrons. The quantitative estimate of drug-likeness (QED) is 0.202. The second kappa shape index (κ2) is 13.2. The van der Waals surface area contributed by atoms with Gasteiger partial charge in [0, 0.05) is 5.41 Å². The lowest BCUT2D eigenvalue weighted by Crippen LogP contribution is -2.54. The van der Waals surface area contributed by atoms with Crippen molar-refractivity contribution in [3.05, 3.63) is 11.6 Å². The molecule has 0 spiro atoms. The largest absolute Gasteiger partial charge is 0.480 e. The Kier molecular flexibility index (Phi) is 10.3. The highest BCUT2D eigenvalue weighted by Gasteiger charge is 2.63. The van der Waals surface area contributed by atoms with Crippen LogP contribution in [0.3, 0.4) is 0 Å². The molecule has 4 aliphatic rings. The van der Waals surface area contributed by atoms with Gasteiger partial charge in [0.25, 0.3) is 5.91 Å². The van der Waals surface area contributed by atoms with E-state index in [2.05, 4.69) is 41.6 Å². The molecule has 0 saturated heterocycles. The van der Waals surface area contributed by atoms with Crippen LogP contribution >= 0.6 is 11.8 Å². The van der Waals surface area contributed by atoms with Gasteiger partial charge in [-0.3, -0.25) is 9.59 Å². The summed E-state index contributed by atoms with van der Waals surface area (Å²) in [4.78, 5) is 42.5. The van der Waals surface area contributed by atoms with Gasteiger partial charge in [-0.05, 0) is 105 Å². The highest BCUT2D eigenvalue weighted by Crippen LogP contribution is 2.67. The first-order valence-corrected chi connectivity index (χ1v) is 17.1. The number of carbonyl (C=O) groups is 3. The van der Waals surface area contributed by atoms with Gasteiger partial charge in [-0.25, -0.2) is 4.79 Å². The van der Waals surface area contributed by atoms with Crippen molar-refractivity contribution in [2.24, 2.45) is 39.7 Å². The van der Waals surface area contributed by atoms with E-state index < -0.39 is 35.5 Å². The number of oxime groups is 1. The van der Waals surface area contributed by atoms with Gasteiger partial charge in [-0.15, -0.1) is 6.42 Å². The number of carboxylic acids is 1. The van der Waals surface area contributed by atoms with Gasteiger partial charge in [0.05, 0.1) is 5.71 Å². The van der Waals surface area contributed by atoms with Gasteiger partial charge < -0.3 is 25.7 Å². The number of rotatable bonds is 11. The van der Waals surface area contributed by atoms with Crippen LogP contribution in [0.2, 0.25) is 0 Å². The van der Waals surface area contributed by atoms with Crippen LogP contribution in [0.1, 0.15) is 85.5 Å². The summed E-state index contributed by atoms with van der Waals surface area (Å²) in [5.41, 5.74) is 1.09. The summed E-state index contributed by atoms with van der Waals surface area (Å²) in [7, 11) is 0. The third kappa shape index (κ3) is 6.49. The molecule has 4 aliphatic carbocycles. The number of fused-ring (bicyclic) bond motifs is 5. The number of nitrogens with zero attached hydrogens (tertiary/aromatic N) is 1. The van der Waals surface area contributed by atoms with Crippen LogP contribution in [0.5, 0.6) is 0 Å². The van der Waals surface area contributed by atoms with E-state index in [1.807, 2.05) is 6.26 Å². The average Bonchev–Trinajstić information content (AvgIpc) is 3.24. The van der Waals surface area contributed by atoms with Crippen LogP contribution < -0.4 is 10.6 Å². The fourth-order valence-corrected chi connectivity index (χ4v) is 9.05. The fourth-order valence-electron chi connectivity index (χ4n) is 8.57. The zero-order chi connectivity index (χ0) is 31.6. The van der Waals surface area contributed by atoms with Crippen LogP contribution in [0, 0.1) is 46.8 Å².